The molecule has 1 fully saturated rings. The van der Waals surface area contributed by atoms with Crippen LogP contribution in [0.25, 0.3) is 0 Å². The normalized spacial score (nSPS) is 15.9. The SMILES string of the molecule is CCc1ccccc1N(CC(=O)NN=C1CCCCCCCCCCC1)S(=O)(=O)c1ccc(C)cc1. The number of nitrogens with zero attached hydrogens (tertiary/aromatic N) is 2. The lowest BCUT2D eigenvalue weighted by Gasteiger charge is -2.26. The largest absolute Gasteiger partial charge is 0.271 e. The van der Waals surface area contributed by atoms with E-state index in [4.69, 9.17) is 0 Å². The van der Waals surface area contributed by atoms with Crippen LogP contribution in [0.3, 0.4) is 0 Å². The van der Waals surface area contributed by atoms with Crippen molar-refractivity contribution in [2.45, 2.75) is 95.8 Å². The number of nitrogens with one attached hydrogen (secondary N) is 1. The first-order valence-corrected chi connectivity index (χ1v) is 14.9. The van der Waals surface area contributed by atoms with Gasteiger partial charge >= 0.3 is 0 Å². The van der Waals surface area contributed by atoms with E-state index in [9.17, 15) is 13.2 Å². The number of carbonyl (C=O) groups excluding carboxylic acids is 1. The third-order valence-electron chi connectivity index (χ3n) is 6.81. The lowest BCUT2D eigenvalue weighted by molar-refractivity contribution is -0.119. The Labute approximate surface area is 217 Å². The zero-order chi connectivity index (χ0) is 25.8. The summed E-state index contributed by atoms with van der Waals surface area (Å²) in [5.41, 5.74) is 6.05. The van der Waals surface area contributed by atoms with E-state index >= 15 is 0 Å². The van der Waals surface area contributed by atoms with Crippen LogP contribution in [0.1, 0.15) is 88.7 Å². The fraction of sp³-hybridized carbons (Fsp3) is 0.517. The number of sulfonamides is 1. The number of amides is 1. The summed E-state index contributed by atoms with van der Waals surface area (Å²) < 4.78 is 28.6. The molecule has 36 heavy (non-hydrogen) atoms. The molecule has 7 heteroatoms. The van der Waals surface area contributed by atoms with Crippen LogP contribution in [0.2, 0.25) is 0 Å². The van der Waals surface area contributed by atoms with E-state index in [0.717, 1.165) is 42.5 Å². The maximum absolute atomic E-state index is 13.7. The van der Waals surface area contributed by atoms with Crippen LogP contribution in [-0.4, -0.2) is 26.6 Å². The van der Waals surface area contributed by atoms with Gasteiger partial charge in [-0.1, -0.05) is 87.8 Å². The van der Waals surface area contributed by atoms with Crippen molar-refractivity contribution < 1.29 is 13.2 Å². The lowest BCUT2D eigenvalue weighted by atomic mass is 10.00. The van der Waals surface area contributed by atoms with E-state index in [0.29, 0.717) is 12.1 Å². The van der Waals surface area contributed by atoms with Gasteiger partial charge in [0.2, 0.25) is 0 Å². The highest BCUT2D eigenvalue weighted by Crippen LogP contribution is 2.27. The molecule has 3 rings (SSSR count). The number of para-hydroxylation sites is 1. The summed E-state index contributed by atoms with van der Waals surface area (Å²) in [7, 11) is -3.94. The highest BCUT2D eigenvalue weighted by molar-refractivity contribution is 7.92. The van der Waals surface area contributed by atoms with E-state index in [1.54, 1.807) is 36.4 Å². The predicted octanol–water partition coefficient (Wildman–Crippen LogP) is 6.53. The summed E-state index contributed by atoms with van der Waals surface area (Å²) in [5.74, 6) is -0.435. The predicted molar refractivity (Wildman–Crippen MR) is 148 cm³/mol. The Morgan fingerprint density at radius 3 is 2.00 bits per heavy atom. The van der Waals surface area contributed by atoms with Gasteiger partial charge in [0, 0.05) is 5.71 Å². The molecule has 1 saturated carbocycles. The summed E-state index contributed by atoms with van der Waals surface area (Å²) in [4.78, 5) is 13.2. The number of hydrogen-bond acceptors (Lipinski definition) is 4. The minimum atomic E-state index is -3.94. The van der Waals surface area contributed by atoms with Crippen molar-refractivity contribution in [3.8, 4) is 0 Å². The molecule has 0 saturated heterocycles. The van der Waals surface area contributed by atoms with Gasteiger partial charge in [0.05, 0.1) is 10.6 Å². The number of anilines is 1. The maximum atomic E-state index is 13.7. The Morgan fingerprint density at radius 2 is 1.42 bits per heavy atom. The third kappa shape index (κ3) is 8.19. The molecule has 0 atom stereocenters. The van der Waals surface area contributed by atoms with Crippen molar-refractivity contribution in [1.29, 1.82) is 0 Å². The van der Waals surface area contributed by atoms with E-state index < -0.39 is 15.9 Å². The van der Waals surface area contributed by atoms with Crippen LogP contribution in [0.5, 0.6) is 0 Å². The maximum Gasteiger partial charge on any atom is 0.264 e. The van der Waals surface area contributed by atoms with Crippen molar-refractivity contribution in [3.63, 3.8) is 0 Å². The number of hydrazone groups is 1. The van der Waals surface area contributed by atoms with Crippen molar-refractivity contribution in [2.75, 3.05) is 10.8 Å². The first kappa shape index (κ1) is 27.9. The minimum Gasteiger partial charge on any atom is -0.271 e. The molecule has 0 bridgehead atoms. The van der Waals surface area contributed by atoms with Crippen molar-refractivity contribution in [3.05, 3.63) is 59.7 Å². The molecule has 0 radical (unpaired) electrons. The van der Waals surface area contributed by atoms with Gasteiger partial charge in [-0.05, 0) is 62.8 Å². The highest BCUT2D eigenvalue weighted by atomic mass is 32.2. The van der Waals surface area contributed by atoms with Gasteiger partial charge in [-0.2, -0.15) is 5.10 Å². The van der Waals surface area contributed by atoms with Crippen LogP contribution in [0.15, 0.2) is 58.5 Å². The quantitative estimate of drug-likeness (QED) is 0.429. The number of carbonyl (C=O) groups is 1. The molecule has 1 amide bonds. The fourth-order valence-electron chi connectivity index (χ4n) is 4.63. The van der Waals surface area contributed by atoms with Gasteiger partial charge in [-0.25, -0.2) is 13.8 Å². The average Bonchev–Trinajstić information content (AvgIpc) is 2.87. The highest BCUT2D eigenvalue weighted by Gasteiger charge is 2.28. The molecule has 1 aliphatic rings. The van der Waals surface area contributed by atoms with Gasteiger partial charge in [-0.15, -0.1) is 0 Å². The van der Waals surface area contributed by atoms with Crippen LogP contribution < -0.4 is 9.73 Å². The Kier molecular flexibility index (Phi) is 11.0. The summed E-state index contributed by atoms with van der Waals surface area (Å²) in [6.45, 7) is 3.56. The van der Waals surface area contributed by atoms with E-state index in [-0.39, 0.29) is 11.4 Å². The van der Waals surface area contributed by atoms with Crippen molar-refractivity contribution in [2.24, 2.45) is 5.10 Å². The van der Waals surface area contributed by atoms with E-state index in [1.165, 1.54) is 49.3 Å². The summed E-state index contributed by atoms with van der Waals surface area (Å²) in [5, 5.41) is 4.46. The van der Waals surface area contributed by atoms with Gasteiger partial charge in [-0.3, -0.25) is 9.10 Å². The monoisotopic (exact) mass is 511 g/mol. The summed E-state index contributed by atoms with van der Waals surface area (Å²) >= 11 is 0. The smallest absolute Gasteiger partial charge is 0.264 e. The van der Waals surface area contributed by atoms with Crippen molar-refractivity contribution in [1.82, 2.24) is 5.43 Å². The Bertz CT molecular complexity index is 1100. The zero-order valence-corrected chi connectivity index (χ0v) is 22.7. The average molecular weight is 512 g/mol. The Morgan fingerprint density at radius 1 is 0.861 bits per heavy atom. The third-order valence-corrected chi connectivity index (χ3v) is 8.58. The minimum absolute atomic E-state index is 0.164. The molecule has 0 heterocycles. The molecule has 0 spiro atoms. The van der Waals surface area contributed by atoms with E-state index in [1.807, 2.05) is 26.0 Å². The number of aryl methyl sites for hydroxylation is 2. The number of benzene rings is 2. The van der Waals surface area contributed by atoms with Crippen LogP contribution >= 0.6 is 0 Å². The second-order valence-electron chi connectivity index (χ2n) is 9.70. The van der Waals surface area contributed by atoms with Crippen molar-refractivity contribution >= 4 is 27.3 Å². The Hall–Kier alpha value is -2.67. The first-order chi connectivity index (χ1) is 17.4. The first-order valence-electron chi connectivity index (χ1n) is 13.4. The molecular weight excluding hydrogens is 470 g/mol. The topological polar surface area (TPSA) is 78.8 Å². The molecule has 1 N–H and O–H groups in total. The van der Waals surface area contributed by atoms with Crippen LogP contribution in [0, 0.1) is 6.92 Å². The molecule has 196 valence electrons. The van der Waals surface area contributed by atoms with Gasteiger partial charge in [0.15, 0.2) is 0 Å². The van der Waals surface area contributed by atoms with Crippen LogP contribution in [0.4, 0.5) is 5.69 Å². The fourth-order valence-corrected chi connectivity index (χ4v) is 6.09. The van der Waals surface area contributed by atoms with Gasteiger partial charge < -0.3 is 0 Å². The second kappa shape index (κ2) is 14.2. The zero-order valence-electron chi connectivity index (χ0n) is 21.8. The Balaban J connectivity index is 1.80. The molecule has 2 aromatic rings. The van der Waals surface area contributed by atoms with Gasteiger partial charge in [0.1, 0.15) is 6.54 Å². The number of hydrogen-bond donors (Lipinski definition) is 1. The molecule has 0 unspecified atom stereocenters. The number of rotatable bonds is 7. The molecule has 2 aromatic carbocycles. The molecule has 0 aliphatic heterocycles. The molecule has 0 aromatic heterocycles. The summed E-state index contributed by atoms with van der Waals surface area (Å²) in [6.07, 6.45) is 13.4. The standard InChI is InChI=1S/C29H41N3O3S/c1-3-25-15-13-14-18-28(25)32(36(34,35)27-21-19-24(2)20-22-27)23-29(33)31-30-26-16-11-9-7-5-4-6-8-10-12-17-26/h13-15,18-22H,3-12,16-17,23H2,1-2H3,(H,31,33). The second-order valence-corrected chi connectivity index (χ2v) is 11.6. The molecular formula is C29H41N3O3S. The lowest BCUT2D eigenvalue weighted by Crippen LogP contribution is -2.40. The van der Waals surface area contributed by atoms with Crippen LogP contribution in [-0.2, 0) is 21.2 Å². The molecule has 6 nitrogen and oxygen atoms in total. The van der Waals surface area contributed by atoms with Gasteiger partial charge in [0.25, 0.3) is 15.9 Å². The summed E-state index contributed by atoms with van der Waals surface area (Å²) in [6, 6.07) is 14.1. The molecule has 1 aliphatic carbocycles. The van der Waals surface area contributed by atoms with E-state index in [2.05, 4.69) is 10.5 Å².